The fourth-order valence-corrected chi connectivity index (χ4v) is 3.14. The predicted octanol–water partition coefficient (Wildman–Crippen LogP) is 2.34. The van der Waals surface area contributed by atoms with E-state index in [-0.39, 0.29) is 39.5 Å². The van der Waals surface area contributed by atoms with Gasteiger partial charge in [-0.2, -0.15) is 0 Å². The Morgan fingerprint density at radius 1 is 0.893 bits per heavy atom. The molecule has 2 aromatic carbocycles. The zero-order chi connectivity index (χ0) is 20.7. The van der Waals surface area contributed by atoms with E-state index in [1.54, 1.807) is 6.92 Å². The summed E-state index contributed by atoms with van der Waals surface area (Å²) in [7, 11) is 1.27. The molecule has 8 heteroatoms. The van der Waals surface area contributed by atoms with Crippen molar-refractivity contribution >= 4 is 23.5 Å². The Bertz CT molecular complexity index is 1060. The SMILES string of the molecule is COc1c(OC(C)=O)c(C)cc2c1C(=O)c1c(ccc(OC(C)=O)c1O)C2=O. The van der Waals surface area contributed by atoms with Crippen LogP contribution in [0.25, 0.3) is 0 Å². The number of hydrogen-bond donors (Lipinski definition) is 1. The van der Waals surface area contributed by atoms with Gasteiger partial charge < -0.3 is 19.3 Å². The number of esters is 2. The monoisotopic (exact) mass is 384 g/mol. The molecule has 1 aliphatic carbocycles. The molecular formula is C20H16O8. The summed E-state index contributed by atoms with van der Waals surface area (Å²) >= 11 is 0. The summed E-state index contributed by atoms with van der Waals surface area (Å²) in [6, 6.07) is 3.97. The number of hydrogen-bond acceptors (Lipinski definition) is 8. The highest BCUT2D eigenvalue weighted by Gasteiger charge is 2.38. The minimum atomic E-state index is -0.721. The number of methoxy groups -OCH3 is 1. The second-order valence-corrected chi connectivity index (χ2v) is 6.16. The van der Waals surface area contributed by atoms with Gasteiger partial charge in [-0.05, 0) is 30.7 Å². The maximum absolute atomic E-state index is 13.2. The van der Waals surface area contributed by atoms with Crippen LogP contribution in [0.15, 0.2) is 18.2 Å². The summed E-state index contributed by atoms with van der Waals surface area (Å²) in [4.78, 5) is 48.8. The third-order valence-corrected chi connectivity index (χ3v) is 4.21. The number of aryl methyl sites for hydroxylation is 1. The van der Waals surface area contributed by atoms with Gasteiger partial charge in [0.1, 0.15) is 0 Å². The van der Waals surface area contributed by atoms with Crippen LogP contribution in [0, 0.1) is 6.92 Å². The normalized spacial score (nSPS) is 12.1. The molecule has 0 radical (unpaired) electrons. The van der Waals surface area contributed by atoms with Crippen LogP contribution in [0.4, 0.5) is 0 Å². The number of rotatable bonds is 3. The van der Waals surface area contributed by atoms with Gasteiger partial charge in [0.25, 0.3) is 0 Å². The topological polar surface area (TPSA) is 116 Å². The fourth-order valence-electron chi connectivity index (χ4n) is 3.14. The number of ketones is 2. The molecule has 0 spiro atoms. The van der Waals surface area contributed by atoms with E-state index >= 15 is 0 Å². The molecule has 1 aliphatic rings. The third kappa shape index (κ3) is 2.88. The van der Waals surface area contributed by atoms with Crippen molar-refractivity contribution in [3.8, 4) is 23.0 Å². The Labute approximate surface area is 159 Å². The summed E-state index contributed by atoms with van der Waals surface area (Å²) in [5.41, 5.74) is -0.00422. The Morgan fingerprint density at radius 2 is 1.54 bits per heavy atom. The zero-order valence-corrected chi connectivity index (χ0v) is 15.5. The van der Waals surface area contributed by atoms with E-state index in [0.717, 1.165) is 6.92 Å². The lowest BCUT2D eigenvalue weighted by Gasteiger charge is -2.23. The molecule has 0 aromatic heterocycles. The Hall–Kier alpha value is -3.68. The summed E-state index contributed by atoms with van der Waals surface area (Å²) < 4.78 is 15.3. The number of phenols is 1. The van der Waals surface area contributed by atoms with Crippen molar-refractivity contribution in [2.75, 3.05) is 7.11 Å². The number of carbonyl (C=O) groups is 4. The molecule has 0 bridgehead atoms. The van der Waals surface area contributed by atoms with E-state index in [1.165, 1.54) is 32.2 Å². The van der Waals surface area contributed by atoms with Crippen molar-refractivity contribution in [2.45, 2.75) is 20.8 Å². The molecule has 0 atom stereocenters. The Kier molecular flexibility index (Phi) is 4.64. The van der Waals surface area contributed by atoms with Crippen molar-refractivity contribution in [3.63, 3.8) is 0 Å². The van der Waals surface area contributed by atoms with E-state index in [0.29, 0.717) is 5.56 Å². The van der Waals surface area contributed by atoms with Crippen LogP contribution in [-0.4, -0.2) is 35.7 Å². The lowest BCUT2D eigenvalue weighted by Crippen LogP contribution is -2.23. The van der Waals surface area contributed by atoms with Crippen LogP contribution < -0.4 is 14.2 Å². The second kappa shape index (κ2) is 6.80. The van der Waals surface area contributed by atoms with Gasteiger partial charge in [0.05, 0.1) is 18.2 Å². The summed E-state index contributed by atoms with van der Waals surface area (Å²) in [6.07, 6.45) is 0. The molecule has 0 heterocycles. The van der Waals surface area contributed by atoms with Crippen molar-refractivity contribution in [2.24, 2.45) is 0 Å². The van der Waals surface area contributed by atoms with Crippen LogP contribution >= 0.6 is 0 Å². The molecule has 0 unspecified atom stereocenters. The fraction of sp³-hybridized carbons (Fsp3) is 0.200. The molecular weight excluding hydrogens is 368 g/mol. The van der Waals surface area contributed by atoms with E-state index < -0.39 is 29.3 Å². The number of fused-ring (bicyclic) bond motifs is 2. The second-order valence-electron chi connectivity index (χ2n) is 6.16. The van der Waals surface area contributed by atoms with Crippen LogP contribution in [0.5, 0.6) is 23.0 Å². The van der Waals surface area contributed by atoms with Gasteiger partial charge in [0.2, 0.25) is 5.78 Å². The van der Waals surface area contributed by atoms with E-state index in [1.807, 2.05) is 0 Å². The lowest BCUT2D eigenvalue weighted by atomic mass is 9.82. The smallest absolute Gasteiger partial charge is 0.308 e. The van der Waals surface area contributed by atoms with Gasteiger partial charge >= 0.3 is 11.9 Å². The van der Waals surface area contributed by atoms with Gasteiger partial charge in [-0.15, -0.1) is 0 Å². The average molecular weight is 384 g/mol. The standard InChI is InChI=1S/C20H16O8/c1-8-7-12-15(20(26-4)19(8)28-10(3)22)18(25)14-11(16(12)23)5-6-13(17(14)24)27-9(2)21/h5-7,24H,1-4H3. The molecule has 0 fully saturated rings. The Morgan fingerprint density at radius 3 is 2.11 bits per heavy atom. The van der Waals surface area contributed by atoms with E-state index in [2.05, 4.69) is 0 Å². The summed E-state index contributed by atoms with van der Waals surface area (Å²) in [5, 5.41) is 10.5. The highest BCUT2D eigenvalue weighted by Crippen LogP contribution is 2.45. The van der Waals surface area contributed by atoms with Crippen LogP contribution in [0.3, 0.4) is 0 Å². The molecule has 2 aromatic rings. The van der Waals surface area contributed by atoms with Crippen molar-refractivity contribution in [1.82, 2.24) is 0 Å². The molecule has 1 N–H and O–H groups in total. The van der Waals surface area contributed by atoms with Crippen molar-refractivity contribution in [3.05, 3.63) is 46.0 Å². The minimum Gasteiger partial charge on any atom is -0.504 e. The summed E-state index contributed by atoms with van der Waals surface area (Å²) in [5.74, 6) is -3.53. The Balaban J connectivity index is 2.30. The number of benzene rings is 2. The first-order chi connectivity index (χ1) is 13.2. The third-order valence-electron chi connectivity index (χ3n) is 4.21. The molecule has 8 nitrogen and oxygen atoms in total. The van der Waals surface area contributed by atoms with Crippen molar-refractivity contribution in [1.29, 1.82) is 0 Å². The first kappa shape index (κ1) is 19.1. The largest absolute Gasteiger partial charge is 0.504 e. The summed E-state index contributed by atoms with van der Waals surface area (Å²) in [6.45, 7) is 3.94. The number of carbonyl (C=O) groups excluding carboxylic acids is 4. The lowest BCUT2D eigenvalue weighted by molar-refractivity contribution is -0.132. The maximum Gasteiger partial charge on any atom is 0.308 e. The van der Waals surface area contributed by atoms with E-state index in [9.17, 15) is 24.3 Å². The van der Waals surface area contributed by atoms with Crippen LogP contribution in [0.1, 0.15) is 51.3 Å². The number of phenolic OH excluding ortho intramolecular Hbond substituents is 1. The van der Waals surface area contributed by atoms with Gasteiger partial charge in [0.15, 0.2) is 28.8 Å². The quantitative estimate of drug-likeness (QED) is 0.540. The molecule has 28 heavy (non-hydrogen) atoms. The minimum absolute atomic E-state index is 0.00832. The first-order valence-electron chi connectivity index (χ1n) is 8.21. The average Bonchev–Trinajstić information content (AvgIpc) is 2.61. The van der Waals surface area contributed by atoms with Gasteiger partial charge in [-0.1, -0.05) is 0 Å². The highest BCUT2D eigenvalue weighted by molar-refractivity contribution is 6.30. The number of aromatic hydroxyl groups is 1. The number of ether oxygens (including phenoxy) is 3. The molecule has 0 saturated heterocycles. The van der Waals surface area contributed by atoms with Crippen LogP contribution in [0.2, 0.25) is 0 Å². The maximum atomic E-state index is 13.2. The highest BCUT2D eigenvalue weighted by atomic mass is 16.6. The van der Waals surface area contributed by atoms with Gasteiger partial charge in [-0.25, -0.2) is 0 Å². The molecule has 3 rings (SSSR count). The molecule has 144 valence electrons. The predicted molar refractivity (Wildman–Crippen MR) is 95.3 cm³/mol. The molecule has 0 aliphatic heterocycles. The van der Waals surface area contributed by atoms with Gasteiger partial charge in [0, 0.05) is 25.0 Å². The zero-order valence-electron chi connectivity index (χ0n) is 15.5. The van der Waals surface area contributed by atoms with Gasteiger partial charge in [-0.3, -0.25) is 19.2 Å². The molecule has 0 amide bonds. The van der Waals surface area contributed by atoms with E-state index in [4.69, 9.17) is 14.2 Å². The molecule has 0 saturated carbocycles. The first-order valence-corrected chi connectivity index (χ1v) is 8.21. The van der Waals surface area contributed by atoms with Crippen molar-refractivity contribution < 1.29 is 38.5 Å². The van der Waals surface area contributed by atoms with Crippen LogP contribution in [-0.2, 0) is 9.59 Å².